The Labute approximate surface area is 165 Å². The fourth-order valence-corrected chi connectivity index (χ4v) is 4.00. The lowest BCUT2D eigenvalue weighted by atomic mass is 9.98. The molecule has 0 atom stereocenters. The number of hydrogen-bond acceptors (Lipinski definition) is 3. The van der Waals surface area contributed by atoms with Gasteiger partial charge in [-0.05, 0) is 48.6 Å². The molecule has 2 aliphatic heterocycles. The van der Waals surface area contributed by atoms with Crippen molar-refractivity contribution in [3.8, 4) is 0 Å². The molecule has 3 amide bonds. The molecule has 2 aromatic carbocycles. The van der Waals surface area contributed by atoms with Gasteiger partial charge < -0.3 is 20.4 Å². The first-order chi connectivity index (χ1) is 13.5. The van der Waals surface area contributed by atoms with Crippen molar-refractivity contribution in [2.45, 2.75) is 26.3 Å². The van der Waals surface area contributed by atoms with E-state index < -0.39 is 0 Å². The molecule has 146 valence electrons. The molecule has 2 heterocycles. The predicted octanol–water partition coefficient (Wildman–Crippen LogP) is 2.69. The Morgan fingerprint density at radius 2 is 1.79 bits per heavy atom. The molecule has 2 N–H and O–H groups in total. The summed E-state index contributed by atoms with van der Waals surface area (Å²) < 4.78 is 0. The fourth-order valence-electron chi connectivity index (χ4n) is 4.00. The second-order valence-electron chi connectivity index (χ2n) is 7.56. The van der Waals surface area contributed by atoms with Crippen LogP contribution in [0.2, 0.25) is 0 Å². The number of urea groups is 1. The van der Waals surface area contributed by atoms with Crippen LogP contribution in [0.1, 0.15) is 22.3 Å². The Morgan fingerprint density at radius 1 is 1.00 bits per heavy atom. The van der Waals surface area contributed by atoms with Gasteiger partial charge in [-0.2, -0.15) is 0 Å². The van der Waals surface area contributed by atoms with Crippen LogP contribution in [0, 0.1) is 6.92 Å². The van der Waals surface area contributed by atoms with Crippen molar-refractivity contribution in [1.82, 2.24) is 10.2 Å². The third-order valence-corrected chi connectivity index (χ3v) is 5.60. The number of likely N-dealkylation sites (N-methyl/N-ethyl adjacent to an activating group) is 1. The quantitative estimate of drug-likeness (QED) is 0.863. The van der Waals surface area contributed by atoms with E-state index in [0.29, 0.717) is 13.1 Å². The average Bonchev–Trinajstić information content (AvgIpc) is 3.09. The van der Waals surface area contributed by atoms with E-state index in [-0.39, 0.29) is 11.9 Å². The summed E-state index contributed by atoms with van der Waals surface area (Å²) in [5.74, 6) is -0.00972. The molecular weight excluding hydrogens is 352 g/mol. The number of aryl methyl sites for hydroxylation is 1. The minimum Gasteiger partial charge on any atom is -0.362 e. The van der Waals surface area contributed by atoms with Crippen molar-refractivity contribution in [3.63, 3.8) is 0 Å². The topological polar surface area (TPSA) is 64.7 Å². The van der Waals surface area contributed by atoms with E-state index in [0.717, 1.165) is 37.3 Å². The van der Waals surface area contributed by atoms with Gasteiger partial charge in [0.25, 0.3) is 0 Å². The Morgan fingerprint density at radius 3 is 2.61 bits per heavy atom. The first-order valence-electron chi connectivity index (χ1n) is 9.76. The van der Waals surface area contributed by atoms with Crippen molar-refractivity contribution in [1.29, 1.82) is 0 Å². The van der Waals surface area contributed by atoms with Gasteiger partial charge in [0.2, 0.25) is 5.91 Å². The number of anilines is 2. The van der Waals surface area contributed by atoms with Gasteiger partial charge in [-0.15, -0.1) is 0 Å². The highest BCUT2D eigenvalue weighted by molar-refractivity contribution is 5.91. The van der Waals surface area contributed by atoms with Crippen LogP contribution in [0.5, 0.6) is 0 Å². The van der Waals surface area contributed by atoms with E-state index in [1.807, 2.05) is 23.1 Å². The molecule has 2 aromatic rings. The van der Waals surface area contributed by atoms with Gasteiger partial charge >= 0.3 is 6.03 Å². The molecule has 0 bridgehead atoms. The van der Waals surface area contributed by atoms with Crippen LogP contribution in [-0.2, 0) is 24.2 Å². The molecule has 28 heavy (non-hydrogen) atoms. The molecule has 0 spiro atoms. The number of amides is 3. The number of carbonyl (C=O) groups excluding carboxylic acids is 2. The minimum absolute atomic E-state index is 0.00972. The molecule has 0 aliphatic carbocycles. The molecule has 0 aromatic heterocycles. The van der Waals surface area contributed by atoms with Crippen LogP contribution in [-0.4, -0.2) is 43.5 Å². The zero-order valence-corrected chi connectivity index (χ0v) is 16.4. The van der Waals surface area contributed by atoms with E-state index in [9.17, 15) is 9.59 Å². The summed E-state index contributed by atoms with van der Waals surface area (Å²) in [5.41, 5.74) is 6.83. The van der Waals surface area contributed by atoms with E-state index >= 15 is 0 Å². The summed E-state index contributed by atoms with van der Waals surface area (Å²) in [6.07, 6.45) is 1.80. The molecule has 4 rings (SSSR count). The van der Waals surface area contributed by atoms with E-state index in [1.165, 1.54) is 22.3 Å². The summed E-state index contributed by atoms with van der Waals surface area (Å²) in [6.45, 7) is 4.61. The highest BCUT2D eigenvalue weighted by Gasteiger charge is 2.23. The zero-order valence-electron chi connectivity index (χ0n) is 16.4. The van der Waals surface area contributed by atoms with Crippen molar-refractivity contribution in [2.24, 2.45) is 0 Å². The summed E-state index contributed by atoms with van der Waals surface area (Å²) in [6, 6.07) is 12.3. The van der Waals surface area contributed by atoms with Crippen molar-refractivity contribution < 1.29 is 9.59 Å². The second kappa shape index (κ2) is 7.54. The summed E-state index contributed by atoms with van der Waals surface area (Å²) in [5, 5.41) is 5.70. The number of fused-ring (bicyclic) bond motifs is 2. The van der Waals surface area contributed by atoms with Crippen LogP contribution in [0.15, 0.2) is 36.4 Å². The van der Waals surface area contributed by atoms with Gasteiger partial charge in [0.15, 0.2) is 0 Å². The van der Waals surface area contributed by atoms with E-state index in [2.05, 4.69) is 40.7 Å². The fraction of sp³-hybridized carbons (Fsp3) is 0.364. The highest BCUT2D eigenvalue weighted by atomic mass is 16.2. The molecule has 6 nitrogen and oxygen atoms in total. The lowest BCUT2D eigenvalue weighted by Gasteiger charge is -2.29. The minimum atomic E-state index is -0.0815. The zero-order chi connectivity index (χ0) is 19.7. The molecule has 0 fully saturated rings. The van der Waals surface area contributed by atoms with E-state index in [1.54, 1.807) is 7.05 Å². The van der Waals surface area contributed by atoms with Crippen LogP contribution in [0.4, 0.5) is 16.2 Å². The van der Waals surface area contributed by atoms with Crippen molar-refractivity contribution in [2.75, 3.05) is 36.9 Å². The number of nitrogens with zero attached hydrogens (tertiary/aromatic N) is 2. The summed E-state index contributed by atoms with van der Waals surface area (Å²) >= 11 is 0. The lowest BCUT2D eigenvalue weighted by Crippen LogP contribution is -2.39. The van der Waals surface area contributed by atoms with Crippen molar-refractivity contribution >= 4 is 23.3 Å². The number of benzene rings is 2. The molecule has 0 saturated heterocycles. The average molecular weight is 378 g/mol. The van der Waals surface area contributed by atoms with Crippen LogP contribution in [0.25, 0.3) is 0 Å². The maximum Gasteiger partial charge on any atom is 0.322 e. The van der Waals surface area contributed by atoms with Gasteiger partial charge in [-0.25, -0.2) is 4.79 Å². The molecule has 0 radical (unpaired) electrons. The Kier molecular flexibility index (Phi) is 4.94. The molecule has 0 unspecified atom stereocenters. The molecular formula is C22H26N4O2. The number of hydrogen-bond donors (Lipinski definition) is 2. The van der Waals surface area contributed by atoms with Gasteiger partial charge in [0.1, 0.15) is 0 Å². The maximum absolute atomic E-state index is 12.8. The van der Waals surface area contributed by atoms with E-state index in [4.69, 9.17) is 0 Å². The first-order valence-corrected chi connectivity index (χ1v) is 9.76. The van der Waals surface area contributed by atoms with Gasteiger partial charge in [0.05, 0.1) is 6.54 Å². The Balaban J connectivity index is 1.45. The highest BCUT2D eigenvalue weighted by Crippen LogP contribution is 2.31. The summed E-state index contributed by atoms with van der Waals surface area (Å²) in [4.78, 5) is 28.4. The largest absolute Gasteiger partial charge is 0.362 e. The third-order valence-electron chi connectivity index (χ3n) is 5.60. The van der Waals surface area contributed by atoms with Gasteiger partial charge in [0, 0.05) is 38.1 Å². The monoisotopic (exact) mass is 378 g/mol. The number of carbonyl (C=O) groups is 2. The summed E-state index contributed by atoms with van der Waals surface area (Å²) in [7, 11) is 1.65. The smallest absolute Gasteiger partial charge is 0.322 e. The standard InChI is InChI=1S/C22H26N4O2/c1-15-3-4-18-13-26(10-8-17(18)11-15)22(28)24-19-6-5-16-7-9-25(20(16)12-19)14-21(27)23-2/h3-6,11-12H,7-10,13-14H2,1-2H3,(H,23,27)(H,24,28). The second-order valence-corrected chi connectivity index (χ2v) is 7.56. The normalized spacial score (nSPS) is 15.1. The number of rotatable bonds is 3. The van der Waals surface area contributed by atoms with Crippen LogP contribution in [0.3, 0.4) is 0 Å². The lowest BCUT2D eigenvalue weighted by molar-refractivity contribution is -0.119. The first kappa shape index (κ1) is 18.3. The third kappa shape index (κ3) is 3.67. The molecule has 0 saturated carbocycles. The number of nitrogens with one attached hydrogen (secondary N) is 2. The van der Waals surface area contributed by atoms with Crippen LogP contribution < -0.4 is 15.5 Å². The van der Waals surface area contributed by atoms with Gasteiger partial charge in [-0.1, -0.05) is 29.8 Å². The van der Waals surface area contributed by atoms with Crippen molar-refractivity contribution in [3.05, 3.63) is 58.7 Å². The molecule has 2 aliphatic rings. The van der Waals surface area contributed by atoms with Gasteiger partial charge in [-0.3, -0.25) is 4.79 Å². The SMILES string of the molecule is CNC(=O)CN1CCc2ccc(NC(=O)N3CCc4cc(C)ccc4C3)cc21. The predicted molar refractivity (Wildman–Crippen MR) is 111 cm³/mol. The van der Waals surface area contributed by atoms with Crippen LogP contribution >= 0.6 is 0 Å². The Bertz CT molecular complexity index is 925. The molecule has 6 heteroatoms. The Hall–Kier alpha value is -3.02. The maximum atomic E-state index is 12.8.